The molecule has 0 spiro atoms. The van der Waals surface area contributed by atoms with Gasteiger partial charge in [0.05, 0.1) is 12.5 Å². The second kappa shape index (κ2) is 10.3. The highest BCUT2D eigenvalue weighted by molar-refractivity contribution is 5.85. The van der Waals surface area contributed by atoms with Crippen LogP contribution in [0.3, 0.4) is 0 Å². The fourth-order valence-corrected chi connectivity index (χ4v) is 4.00. The number of nitrogens with one attached hydrogen (secondary N) is 1. The number of esters is 1. The van der Waals surface area contributed by atoms with Crippen LogP contribution in [0.5, 0.6) is 0 Å². The Hall–Kier alpha value is -2.57. The van der Waals surface area contributed by atoms with E-state index in [-0.39, 0.29) is 24.3 Å². The van der Waals surface area contributed by atoms with Crippen molar-refractivity contribution >= 4 is 17.8 Å². The number of guanidine groups is 1. The molecule has 1 amide bonds. The summed E-state index contributed by atoms with van der Waals surface area (Å²) in [6.45, 7) is 7.85. The van der Waals surface area contributed by atoms with E-state index < -0.39 is 0 Å². The van der Waals surface area contributed by atoms with Crippen LogP contribution in [0.25, 0.3) is 0 Å². The third kappa shape index (κ3) is 5.49. The standard InChI is InChI=1S/C22H32N4O3/c1-3-23-22(26-12-7-10-19(16-26)21(28)29-4-2)24-14-20(27)25-13-11-17-8-5-6-9-18(17)15-25/h5-6,8-9,19H,3-4,7,10-16H2,1-2H3,(H,23,24). The van der Waals surface area contributed by atoms with Gasteiger partial charge in [0.1, 0.15) is 6.54 Å². The van der Waals surface area contributed by atoms with Crippen LogP contribution in [0, 0.1) is 5.92 Å². The predicted molar refractivity (Wildman–Crippen MR) is 112 cm³/mol. The van der Waals surface area contributed by atoms with Crippen molar-refractivity contribution in [2.75, 3.05) is 39.3 Å². The maximum atomic E-state index is 12.8. The number of fused-ring (bicyclic) bond motifs is 1. The molecule has 0 radical (unpaired) electrons. The minimum absolute atomic E-state index is 0.0360. The molecule has 7 heteroatoms. The number of nitrogens with zero attached hydrogens (tertiary/aromatic N) is 3. The monoisotopic (exact) mass is 400 g/mol. The summed E-state index contributed by atoms with van der Waals surface area (Å²) in [6.07, 6.45) is 2.63. The van der Waals surface area contributed by atoms with E-state index in [4.69, 9.17) is 4.74 Å². The first-order valence-corrected chi connectivity index (χ1v) is 10.7. The van der Waals surface area contributed by atoms with E-state index in [1.165, 1.54) is 11.1 Å². The van der Waals surface area contributed by atoms with Gasteiger partial charge in [0.25, 0.3) is 0 Å². The Kier molecular flexibility index (Phi) is 7.49. The van der Waals surface area contributed by atoms with E-state index in [0.29, 0.717) is 32.2 Å². The van der Waals surface area contributed by atoms with E-state index >= 15 is 0 Å². The number of piperidine rings is 1. The molecule has 0 saturated carbocycles. The van der Waals surface area contributed by atoms with Gasteiger partial charge in [-0.3, -0.25) is 9.59 Å². The molecule has 2 heterocycles. The molecule has 1 N–H and O–H groups in total. The largest absolute Gasteiger partial charge is 0.466 e. The zero-order chi connectivity index (χ0) is 20.6. The van der Waals surface area contributed by atoms with E-state index in [9.17, 15) is 9.59 Å². The van der Waals surface area contributed by atoms with Crippen molar-refractivity contribution in [1.82, 2.24) is 15.1 Å². The van der Waals surface area contributed by atoms with Crippen molar-refractivity contribution in [3.8, 4) is 0 Å². The SMILES string of the molecule is CCNC(=NCC(=O)N1CCc2ccccc2C1)N1CCCC(C(=O)OCC)C1. The van der Waals surface area contributed by atoms with Gasteiger partial charge < -0.3 is 19.9 Å². The van der Waals surface area contributed by atoms with Gasteiger partial charge in [0.15, 0.2) is 5.96 Å². The molecule has 3 rings (SSSR count). The van der Waals surface area contributed by atoms with Crippen LogP contribution >= 0.6 is 0 Å². The van der Waals surface area contributed by atoms with Gasteiger partial charge in [-0.05, 0) is 44.2 Å². The average Bonchev–Trinajstić information content (AvgIpc) is 2.76. The zero-order valence-corrected chi connectivity index (χ0v) is 17.5. The summed E-state index contributed by atoms with van der Waals surface area (Å²) in [4.78, 5) is 33.4. The van der Waals surface area contributed by atoms with Crippen LogP contribution in [0.4, 0.5) is 0 Å². The maximum Gasteiger partial charge on any atom is 0.310 e. The van der Waals surface area contributed by atoms with Crippen molar-refractivity contribution in [1.29, 1.82) is 0 Å². The summed E-state index contributed by atoms with van der Waals surface area (Å²) >= 11 is 0. The second-order valence-electron chi connectivity index (χ2n) is 7.54. The normalized spacial score (nSPS) is 19.5. The molecule has 1 saturated heterocycles. The number of hydrogen-bond acceptors (Lipinski definition) is 4. The zero-order valence-electron chi connectivity index (χ0n) is 17.5. The van der Waals surface area contributed by atoms with Crippen LogP contribution in [-0.2, 0) is 27.3 Å². The number of ether oxygens (including phenoxy) is 1. The lowest BCUT2D eigenvalue weighted by molar-refractivity contribution is -0.149. The lowest BCUT2D eigenvalue weighted by atomic mass is 9.98. The van der Waals surface area contributed by atoms with Gasteiger partial charge in [-0.1, -0.05) is 24.3 Å². The number of rotatable bonds is 5. The summed E-state index contributed by atoms with van der Waals surface area (Å²) < 4.78 is 5.19. The molecule has 158 valence electrons. The fourth-order valence-electron chi connectivity index (χ4n) is 4.00. The fraction of sp³-hybridized carbons (Fsp3) is 0.591. The number of likely N-dealkylation sites (tertiary alicyclic amines) is 1. The molecular weight excluding hydrogens is 368 g/mol. The summed E-state index contributed by atoms with van der Waals surface area (Å²) in [5, 5.41) is 3.27. The molecular formula is C22H32N4O3. The van der Waals surface area contributed by atoms with E-state index in [1.54, 1.807) is 0 Å². The second-order valence-corrected chi connectivity index (χ2v) is 7.54. The first-order valence-electron chi connectivity index (χ1n) is 10.7. The molecule has 0 aromatic heterocycles. The number of benzene rings is 1. The molecule has 1 fully saturated rings. The van der Waals surface area contributed by atoms with Crippen molar-refractivity contribution in [3.63, 3.8) is 0 Å². The average molecular weight is 401 g/mol. The van der Waals surface area contributed by atoms with Crippen molar-refractivity contribution in [2.24, 2.45) is 10.9 Å². The number of aliphatic imine (C=N–C) groups is 1. The highest BCUT2D eigenvalue weighted by Crippen LogP contribution is 2.19. The molecule has 1 atom stereocenters. The van der Waals surface area contributed by atoms with E-state index in [0.717, 1.165) is 32.4 Å². The Morgan fingerprint density at radius 3 is 2.72 bits per heavy atom. The third-order valence-corrected chi connectivity index (χ3v) is 5.52. The summed E-state index contributed by atoms with van der Waals surface area (Å²) in [6, 6.07) is 8.29. The number of carbonyl (C=O) groups is 2. The summed E-state index contributed by atoms with van der Waals surface area (Å²) in [7, 11) is 0. The highest BCUT2D eigenvalue weighted by atomic mass is 16.5. The Morgan fingerprint density at radius 2 is 1.97 bits per heavy atom. The Labute approximate surface area is 173 Å². The Bertz CT molecular complexity index is 749. The quantitative estimate of drug-likeness (QED) is 0.464. The molecule has 7 nitrogen and oxygen atoms in total. The Balaban J connectivity index is 1.61. The topological polar surface area (TPSA) is 74.2 Å². The van der Waals surface area contributed by atoms with Crippen LogP contribution in [0.15, 0.2) is 29.3 Å². The first kappa shape index (κ1) is 21.1. The van der Waals surface area contributed by atoms with Crippen LogP contribution in [0.1, 0.15) is 37.8 Å². The van der Waals surface area contributed by atoms with Crippen LogP contribution < -0.4 is 5.32 Å². The van der Waals surface area contributed by atoms with E-state index in [2.05, 4.69) is 27.3 Å². The van der Waals surface area contributed by atoms with Gasteiger partial charge >= 0.3 is 5.97 Å². The van der Waals surface area contributed by atoms with E-state index in [1.807, 2.05) is 30.9 Å². The van der Waals surface area contributed by atoms with Crippen LogP contribution in [0.2, 0.25) is 0 Å². The predicted octanol–water partition coefficient (Wildman–Crippen LogP) is 1.81. The van der Waals surface area contributed by atoms with Gasteiger partial charge in [-0.25, -0.2) is 4.99 Å². The summed E-state index contributed by atoms with van der Waals surface area (Å²) in [5.74, 6) is 0.457. The number of carbonyl (C=O) groups excluding carboxylic acids is 2. The number of hydrogen-bond donors (Lipinski definition) is 1. The molecule has 2 aliphatic heterocycles. The lowest BCUT2D eigenvalue weighted by Crippen LogP contribution is -2.48. The van der Waals surface area contributed by atoms with Crippen molar-refractivity contribution in [3.05, 3.63) is 35.4 Å². The molecule has 1 aromatic carbocycles. The minimum Gasteiger partial charge on any atom is -0.466 e. The molecule has 0 aliphatic carbocycles. The number of amides is 1. The van der Waals surface area contributed by atoms with Gasteiger partial charge in [-0.15, -0.1) is 0 Å². The third-order valence-electron chi connectivity index (χ3n) is 5.52. The molecule has 0 bridgehead atoms. The van der Waals surface area contributed by atoms with Crippen molar-refractivity contribution in [2.45, 2.75) is 39.7 Å². The highest BCUT2D eigenvalue weighted by Gasteiger charge is 2.28. The van der Waals surface area contributed by atoms with Gasteiger partial charge in [0, 0.05) is 32.7 Å². The minimum atomic E-state index is -0.142. The molecule has 29 heavy (non-hydrogen) atoms. The molecule has 1 aromatic rings. The van der Waals surface area contributed by atoms with Crippen LogP contribution in [-0.4, -0.2) is 67.0 Å². The Morgan fingerprint density at radius 1 is 1.17 bits per heavy atom. The molecule has 1 unspecified atom stereocenters. The maximum absolute atomic E-state index is 12.8. The first-order chi connectivity index (χ1) is 14.1. The van der Waals surface area contributed by atoms with Gasteiger partial charge in [0.2, 0.25) is 5.91 Å². The smallest absolute Gasteiger partial charge is 0.310 e. The van der Waals surface area contributed by atoms with Gasteiger partial charge in [-0.2, -0.15) is 0 Å². The summed E-state index contributed by atoms with van der Waals surface area (Å²) in [5.41, 5.74) is 2.54. The lowest BCUT2D eigenvalue weighted by Gasteiger charge is -2.34. The van der Waals surface area contributed by atoms with Crippen molar-refractivity contribution < 1.29 is 14.3 Å². The molecule has 2 aliphatic rings.